The van der Waals surface area contributed by atoms with Gasteiger partial charge in [-0.1, -0.05) is 12.2 Å². The average molecular weight is 369 g/mol. The van der Waals surface area contributed by atoms with Gasteiger partial charge in [-0.2, -0.15) is 0 Å². The summed E-state index contributed by atoms with van der Waals surface area (Å²) in [5.74, 6) is -0.0288. The maximum atomic E-state index is 11.5. The van der Waals surface area contributed by atoms with Crippen molar-refractivity contribution in [2.24, 2.45) is 0 Å². The molecule has 0 fully saturated rings. The van der Waals surface area contributed by atoms with Gasteiger partial charge in [-0.05, 0) is 67.3 Å². The Kier molecular flexibility index (Phi) is 4.19. The molecule has 4 heteroatoms. The number of halogens is 2. The molecule has 2 rings (SSSR count). The Morgan fingerprint density at radius 3 is 2.06 bits per heavy atom. The van der Waals surface area contributed by atoms with Gasteiger partial charge in [0.2, 0.25) is 5.78 Å². The molecule has 0 aromatic carbocycles. The van der Waals surface area contributed by atoms with Gasteiger partial charge in [-0.25, -0.2) is 0 Å². The van der Waals surface area contributed by atoms with Gasteiger partial charge in [-0.15, -0.1) is 0 Å². The molecule has 0 saturated heterocycles. The van der Waals surface area contributed by atoms with Crippen LogP contribution >= 0.6 is 31.9 Å². The van der Waals surface area contributed by atoms with E-state index in [1.54, 1.807) is 0 Å². The first-order chi connectivity index (χ1) is 8.56. The standard InChI is InChI=1S/C14H11Br2NO/c1-17-6-4-10(5-7-17)2-3-11-8-12(15)14(18)13(16)9-11/h2-9H,1H3. The van der Waals surface area contributed by atoms with E-state index in [4.69, 9.17) is 0 Å². The second kappa shape index (κ2) is 5.67. The number of hydrogen-bond acceptors (Lipinski definition) is 2. The van der Waals surface area contributed by atoms with Crippen LogP contribution in [0.5, 0.6) is 0 Å². The van der Waals surface area contributed by atoms with Gasteiger partial charge in [0, 0.05) is 19.4 Å². The van der Waals surface area contributed by atoms with Crippen LogP contribution in [0.4, 0.5) is 0 Å². The van der Waals surface area contributed by atoms with Gasteiger partial charge < -0.3 is 4.90 Å². The van der Waals surface area contributed by atoms with E-state index in [1.165, 1.54) is 0 Å². The number of carbonyl (C=O) groups excluding carboxylic acids is 1. The van der Waals surface area contributed by atoms with Crippen LogP contribution in [0, 0.1) is 0 Å². The van der Waals surface area contributed by atoms with Crippen molar-refractivity contribution in [2.45, 2.75) is 0 Å². The van der Waals surface area contributed by atoms with Crippen LogP contribution in [-0.4, -0.2) is 17.7 Å². The molecule has 1 aliphatic heterocycles. The molecule has 92 valence electrons. The summed E-state index contributed by atoms with van der Waals surface area (Å²) in [7, 11) is 1.98. The summed E-state index contributed by atoms with van der Waals surface area (Å²) >= 11 is 6.51. The lowest BCUT2D eigenvalue weighted by atomic mass is 10.1. The van der Waals surface area contributed by atoms with E-state index in [9.17, 15) is 4.79 Å². The third-order valence-electron chi connectivity index (χ3n) is 2.49. The van der Waals surface area contributed by atoms with Gasteiger partial charge in [0.1, 0.15) is 0 Å². The maximum Gasteiger partial charge on any atom is 0.206 e. The zero-order valence-corrected chi connectivity index (χ0v) is 12.9. The SMILES string of the molecule is CN1C=CC(=CC=C2C=C(Br)C(=O)C(Br)=C2)C=C1. The minimum absolute atomic E-state index is 0.0288. The first kappa shape index (κ1) is 13.3. The van der Waals surface area contributed by atoms with Crippen molar-refractivity contribution in [3.63, 3.8) is 0 Å². The Balaban J connectivity index is 2.21. The van der Waals surface area contributed by atoms with Crippen molar-refractivity contribution in [1.29, 1.82) is 0 Å². The molecule has 2 nitrogen and oxygen atoms in total. The van der Waals surface area contributed by atoms with Crippen LogP contribution in [-0.2, 0) is 4.79 Å². The summed E-state index contributed by atoms with van der Waals surface area (Å²) in [5.41, 5.74) is 2.09. The number of Topliss-reactive ketones (excluding diaryl/α,β-unsaturated/α-hetero) is 1. The minimum atomic E-state index is -0.0288. The number of nitrogens with zero attached hydrogens (tertiary/aromatic N) is 1. The second-order valence-electron chi connectivity index (χ2n) is 3.94. The normalized spacial score (nSPS) is 18.8. The molecule has 0 amide bonds. The lowest BCUT2D eigenvalue weighted by Gasteiger charge is -2.11. The molecule has 0 bridgehead atoms. The summed E-state index contributed by atoms with van der Waals surface area (Å²) in [6.07, 6.45) is 15.7. The average Bonchev–Trinajstić information content (AvgIpc) is 2.35. The number of rotatable bonds is 1. The fourth-order valence-corrected chi connectivity index (χ4v) is 2.71. The van der Waals surface area contributed by atoms with Crippen molar-refractivity contribution >= 4 is 37.6 Å². The van der Waals surface area contributed by atoms with E-state index in [1.807, 2.05) is 60.8 Å². The molecule has 0 radical (unpaired) electrons. The second-order valence-corrected chi connectivity index (χ2v) is 5.65. The monoisotopic (exact) mass is 367 g/mol. The van der Waals surface area contributed by atoms with Crippen molar-refractivity contribution in [1.82, 2.24) is 4.90 Å². The van der Waals surface area contributed by atoms with Gasteiger partial charge in [0.25, 0.3) is 0 Å². The highest BCUT2D eigenvalue weighted by molar-refractivity contribution is 9.13. The molecule has 0 aromatic heterocycles. The molecule has 1 heterocycles. The molecular formula is C14H11Br2NO. The smallest absolute Gasteiger partial charge is 0.206 e. The molecule has 0 N–H and O–H groups in total. The molecule has 0 aromatic rings. The molecular weight excluding hydrogens is 358 g/mol. The number of allylic oxidation sites excluding steroid dienone is 10. The summed E-state index contributed by atoms with van der Waals surface area (Å²) in [6, 6.07) is 0. The Hall–Kier alpha value is -1.13. The van der Waals surface area contributed by atoms with E-state index in [2.05, 4.69) is 31.9 Å². The molecule has 0 saturated carbocycles. The predicted octanol–water partition coefficient (Wildman–Crippen LogP) is 3.95. The fourth-order valence-electron chi connectivity index (χ4n) is 1.49. The summed E-state index contributed by atoms with van der Waals surface area (Å²) < 4.78 is 1.13. The van der Waals surface area contributed by atoms with Gasteiger partial charge in [-0.3, -0.25) is 4.79 Å². The third-order valence-corrected chi connectivity index (χ3v) is 3.67. The first-order valence-corrected chi connectivity index (χ1v) is 6.94. The van der Waals surface area contributed by atoms with E-state index >= 15 is 0 Å². The lowest BCUT2D eigenvalue weighted by Crippen LogP contribution is -2.03. The Labute approximate surface area is 123 Å². The molecule has 0 atom stereocenters. The quantitative estimate of drug-likeness (QED) is 0.698. The topological polar surface area (TPSA) is 20.3 Å². The molecule has 2 aliphatic rings. The maximum absolute atomic E-state index is 11.5. The Morgan fingerprint density at radius 2 is 1.50 bits per heavy atom. The van der Waals surface area contributed by atoms with Crippen LogP contribution in [0.2, 0.25) is 0 Å². The lowest BCUT2D eigenvalue weighted by molar-refractivity contribution is -0.110. The highest BCUT2D eigenvalue weighted by atomic mass is 79.9. The third kappa shape index (κ3) is 3.21. The van der Waals surface area contributed by atoms with Crippen LogP contribution in [0.3, 0.4) is 0 Å². The Bertz CT molecular complexity index is 522. The largest absolute Gasteiger partial charge is 0.357 e. The predicted molar refractivity (Wildman–Crippen MR) is 81.2 cm³/mol. The van der Waals surface area contributed by atoms with Crippen LogP contribution in [0.15, 0.2) is 69.0 Å². The number of carbonyl (C=O) groups is 1. The van der Waals surface area contributed by atoms with Crippen molar-refractivity contribution < 1.29 is 4.79 Å². The van der Waals surface area contributed by atoms with E-state index in [0.717, 1.165) is 11.1 Å². The zero-order chi connectivity index (χ0) is 13.1. The van der Waals surface area contributed by atoms with Crippen molar-refractivity contribution in [3.8, 4) is 0 Å². The molecule has 0 unspecified atom stereocenters. The highest BCUT2D eigenvalue weighted by Crippen LogP contribution is 2.26. The van der Waals surface area contributed by atoms with E-state index in [-0.39, 0.29) is 5.78 Å². The van der Waals surface area contributed by atoms with E-state index < -0.39 is 0 Å². The summed E-state index contributed by atoms with van der Waals surface area (Å²) in [5, 5.41) is 0. The van der Waals surface area contributed by atoms with E-state index in [0.29, 0.717) is 8.96 Å². The van der Waals surface area contributed by atoms with Crippen LogP contribution < -0.4 is 0 Å². The minimum Gasteiger partial charge on any atom is -0.357 e. The summed E-state index contributed by atoms with van der Waals surface area (Å²) in [6.45, 7) is 0. The van der Waals surface area contributed by atoms with Crippen LogP contribution in [0.25, 0.3) is 0 Å². The fraction of sp³-hybridized carbons (Fsp3) is 0.0714. The number of hydrogen-bond donors (Lipinski definition) is 0. The van der Waals surface area contributed by atoms with Gasteiger partial charge in [0.15, 0.2) is 0 Å². The zero-order valence-electron chi connectivity index (χ0n) is 9.73. The number of ketones is 1. The van der Waals surface area contributed by atoms with Gasteiger partial charge in [0.05, 0.1) is 8.96 Å². The molecule has 1 aliphatic carbocycles. The molecule has 0 spiro atoms. The van der Waals surface area contributed by atoms with Gasteiger partial charge >= 0.3 is 0 Å². The van der Waals surface area contributed by atoms with Crippen molar-refractivity contribution in [3.05, 3.63) is 69.0 Å². The first-order valence-electron chi connectivity index (χ1n) is 5.36. The van der Waals surface area contributed by atoms with Crippen molar-refractivity contribution in [2.75, 3.05) is 7.05 Å². The Morgan fingerprint density at radius 1 is 1.00 bits per heavy atom. The highest BCUT2D eigenvalue weighted by Gasteiger charge is 2.15. The summed E-state index contributed by atoms with van der Waals surface area (Å²) in [4.78, 5) is 13.5. The van der Waals surface area contributed by atoms with Crippen LogP contribution in [0.1, 0.15) is 0 Å². The molecule has 18 heavy (non-hydrogen) atoms.